The Bertz CT molecular complexity index is 658. The normalized spacial score (nSPS) is 15.5. The molecule has 0 radical (unpaired) electrons. The molecule has 0 unspecified atom stereocenters. The smallest absolute Gasteiger partial charge is 0.246 e. The van der Waals surface area contributed by atoms with Crippen LogP contribution >= 0.6 is 22.6 Å². The van der Waals surface area contributed by atoms with Gasteiger partial charge in [0.2, 0.25) is 5.91 Å². The first-order chi connectivity index (χ1) is 10.7. The van der Waals surface area contributed by atoms with E-state index in [1.54, 1.807) is 12.2 Å². The van der Waals surface area contributed by atoms with Gasteiger partial charge in [-0.05, 0) is 52.9 Å². The van der Waals surface area contributed by atoms with E-state index in [0.717, 1.165) is 29.9 Å². The lowest BCUT2D eigenvalue weighted by molar-refractivity contribution is -0.126. The summed E-state index contributed by atoms with van der Waals surface area (Å²) >= 11 is 2.11. The van der Waals surface area contributed by atoms with E-state index in [9.17, 15) is 4.79 Å². The van der Waals surface area contributed by atoms with Crippen molar-refractivity contribution in [3.8, 4) is 0 Å². The SMILES string of the molecule is O=C(/C=C/c1ccc(I)o1)N1CCN(c2ccccc2)CC1. The highest BCUT2D eigenvalue weighted by molar-refractivity contribution is 14.1. The second kappa shape index (κ2) is 7.00. The van der Waals surface area contributed by atoms with Crippen molar-refractivity contribution in [3.63, 3.8) is 0 Å². The molecule has 1 aromatic carbocycles. The number of hydrogen-bond acceptors (Lipinski definition) is 3. The summed E-state index contributed by atoms with van der Waals surface area (Å²) in [6.07, 6.45) is 3.32. The third kappa shape index (κ3) is 3.71. The summed E-state index contributed by atoms with van der Waals surface area (Å²) < 4.78 is 6.24. The van der Waals surface area contributed by atoms with Gasteiger partial charge < -0.3 is 14.2 Å². The maximum absolute atomic E-state index is 12.2. The summed E-state index contributed by atoms with van der Waals surface area (Å²) in [6, 6.07) is 14.1. The molecule has 4 nitrogen and oxygen atoms in total. The summed E-state index contributed by atoms with van der Waals surface area (Å²) in [5, 5.41) is 0. The molecule has 2 heterocycles. The molecule has 2 aromatic rings. The lowest BCUT2D eigenvalue weighted by Crippen LogP contribution is -2.48. The molecule has 3 rings (SSSR count). The molecule has 1 amide bonds. The Hall–Kier alpha value is -1.76. The van der Waals surface area contributed by atoms with E-state index in [1.165, 1.54) is 5.69 Å². The van der Waals surface area contributed by atoms with Gasteiger partial charge in [-0.2, -0.15) is 0 Å². The van der Waals surface area contributed by atoms with E-state index in [0.29, 0.717) is 5.76 Å². The first-order valence-electron chi connectivity index (χ1n) is 7.25. The highest BCUT2D eigenvalue weighted by Gasteiger charge is 2.19. The van der Waals surface area contributed by atoms with Crippen LogP contribution in [0.4, 0.5) is 5.69 Å². The Morgan fingerprint density at radius 3 is 2.41 bits per heavy atom. The van der Waals surface area contributed by atoms with Crippen LogP contribution in [0.2, 0.25) is 0 Å². The second-order valence-corrected chi connectivity index (χ2v) is 6.19. The van der Waals surface area contributed by atoms with Gasteiger partial charge in [-0.3, -0.25) is 4.79 Å². The van der Waals surface area contributed by atoms with Crippen LogP contribution in [0.25, 0.3) is 6.08 Å². The van der Waals surface area contributed by atoms with Gasteiger partial charge in [-0.25, -0.2) is 0 Å². The number of carbonyl (C=O) groups excluding carboxylic acids is 1. The summed E-state index contributed by atoms with van der Waals surface area (Å²) in [6.45, 7) is 3.21. The molecule has 0 bridgehead atoms. The summed E-state index contributed by atoms with van der Waals surface area (Å²) in [4.78, 5) is 16.4. The predicted molar refractivity (Wildman–Crippen MR) is 95.7 cm³/mol. The molecule has 0 atom stereocenters. The second-order valence-electron chi connectivity index (χ2n) is 5.12. The number of benzene rings is 1. The van der Waals surface area contributed by atoms with Crippen molar-refractivity contribution in [2.24, 2.45) is 0 Å². The number of furan rings is 1. The molecule has 0 aliphatic carbocycles. The Morgan fingerprint density at radius 1 is 1.05 bits per heavy atom. The molecule has 114 valence electrons. The van der Waals surface area contributed by atoms with Crippen LogP contribution in [0.1, 0.15) is 5.76 Å². The Balaban J connectivity index is 1.55. The molecular weight excluding hydrogens is 391 g/mol. The number of hydrogen-bond donors (Lipinski definition) is 0. The average molecular weight is 408 g/mol. The maximum Gasteiger partial charge on any atom is 0.246 e. The zero-order valence-corrected chi connectivity index (χ0v) is 14.3. The van der Waals surface area contributed by atoms with E-state index in [4.69, 9.17) is 4.42 Å². The van der Waals surface area contributed by atoms with Crippen molar-refractivity contribution in [1.82, 2.24) is 4.90 Å². The number of carbonyl (C=O) groups is 1. The van der Waals surface area contributed by atoms with Crippen LogP contribution in [0.3, 0.4) is 0 Å². The molecular formula is C17H17IN2O2. The van der Waals surface area contributed by atoms with Gasteiger partial charge in [0.1, 0.15) is 5.76 Å². The zero-order valence-electron chi connectivity index (χ0n) is 12.1. The van der Waals surface area contributed by atoms with Crippen LogP contribution in [-0.2, 0) is 4.79 Å². The summed E-state index contributed by atoms with van der Waals surface area (Å²) in [7, 11) is 0. The van der Waals surface area contributed by atoms with Crippen LogP contribution in [0, 0.1) is 3.77 Å². The number of rotatable bonds is 3. The number of halogens is 1. The highest BCUT2D eigenvalue weighted by Crippen LogP contribution is 2.16. The standard InChI is InChI=1S/C17H17IN2O2/c18-16-8-6-15(22-16)7-9-17(21)20-12-10-19(11-13-20)14-4-2-1-3-5-14/h1-9H,10-13H2/b9-7+. The van der Waals surface area contributed by atoms with Gasteiger partial charge in [0.15, 0.2) is 3.77 Å². The van der Waals surface area contributed by atoms with Gasteiger partial charge in [-0.15, -0.1) is 0 Å². The average Bonchev–Trinajstić information content (AvgIpc) is 2.99. The van der Waals surface area contributed by atoms with Crippen molar-refractivity contribution in [2.45, 2.75) is 0 Å². The molecule has 0 saturated carbocycles. The largest absolute Gasteiger partial charge is 0.451 e. The Morgan fingerprint density at radius 2 is 1.77 bits per heavy atom. The fraction of sp³-hybridized carbons (Fsp3) is 0.235. The molecule has 0 N–H and O–H groups in total. The molecule has 1 aromatic heterocycles. The summed E-state index contributed by atoms with van der Waals surface area (Å²) in [5.41, 5.74) is 1.22. The molecule has 1 aliphatic heterocycles. The third-order valence-corrected chi connectivity index (χ3v) is 4.28. The number of amides is 1. The molecule has 1 saturated heterocycles. The lowest BCUT2D eigenvalue weighted by atomic mass is 10.2. The van der Waals surface area contributed by atoms with Gasteiger partial charge in [-0.1, -0.05) is 18.2 Å². The fourth-order valence-corrected chi connectivity index (χ4v) is 2.93. The van der Waals surface area contributed by atoms with Gasteiger partial charge in [0.05, 0.1) is 0 Å². The minimum absolute atomic E-state index is 0.0409. The van der Waals surface area contributed by atoms with E-state index >= 15 is 0 Å². The van der Waals surface area contributed by atoms with Gasteiger partial charge in [0.25, 0.3) is 0 Å². The van der Waals surface area contributed by atoms with Crippen molar-refractivity contribution >= 4 is 40.3 Å². The third-order valence-electron chi connectivity index (χ3n) is 3.70. The molecule has 0 spiro atoms. The quantitative estimate of drug-likeness (QED) is 0.578. The van der Waals surface area contributed by atoms with Gasteiger partial charge >= 0.3 is 0 Å². The fourth-order valence-electron chi connectivity index (χ4n) is 2.50. The van der Waals surface area contributed by atoms with Crippen molar-refractivity contribution in [1.29, 1.82) is 0 Å². The van der Waals surface area contributed by atoms with E-state index in [1.807, 2.05) is 35.2 Å². The number of anilines is 1. The topological polar surface area (TPSA) is 36.7 Å². The van der Waals surface area contributed by atoms with E-state index in [2.05, 4.69) is 39.6 Å². The van der Waals surface area contributed by atoms with E-state index in [-0.39, 0.29) is 5.91 Å². The molecule has 1 aliphatic rings. The van der Waals surface area contributed by atoms with Crippen LogP contribution < -0.4 is 4.90 Å². The molecule has 22 heavy (non-hydrogen) atoms. The van der Waals surface area contributed by atoms with Crippen LogP contribution in [0.15, 0.2) is 53.0 Å². The maximum atomic E-state index is 12.2. The monoisotopic (exact) mass is 408 g/mol. The lowest BCUT2D eigenvalue weighted by Gasteiger charge is -2.35. The number of piperazine rings is 1. The van der Waals surface area contributed by atoms with E-state index < -0.39 is 0 Å². The number of nitrogens with zero attached hydrogens (tertiary/aromatic N) is 2. The van der Waals surface area contributed by atoms with Gasteiger partial charge in [0, 0.05) is 37.9 Å². The number of para-hydroxylation sites is 1. The minimum Gasteiger partial charge on any atom is -0.451 e. The molecule has 1 fully saturated rings. The first kappa shape index (κ1) is 15.1. The predicted octanol–water partition coefficient (Wildman–Crippen LogP) is 3.25. The van der Waals surface area contributed by atoms with Crippen molar-refractivity contribution in [2.75, 3.05) is 31.1 Å². The van der Waals surface area contributed by atoms with Crippen LogP contribution in [-0.4, -0.2) is 37.0 Å². The van der Waals surface area contributed by atoms with Crippen LogP contribution in [0.5, 0.6) is 0 Å². The summed E-state index contributed by atoms with van der Waals surface area (Å²) in [5.74, 6) is 0.750. The highest BCUT2D eigenvalue weighted by atomic mass is 127. The van der Waals surface area contributed by atoms with Crippen molar-refractivity contribution < 1.29 is 9.21 Å². The first-order valence-corrected chi connectivity index (χ1v) is 8.32. The Labute approximate surface area is 143 Å². The molecule has 5 heteroatoms. The van der Waals surface area contributed by atoms with Crippen molar-refractivity contribution in [3.05, 3.63) is 58.1 Å². The zero-order chi connectivity index (χ0) is 15.4. The Kier molecular flexibility index (Phi) is 4.82. The minimum atomic E-state index is 0.0409.